The quantitative estimate of drug-likeness (QED) is 0.591. The van der Waals surface area contributed by atoms with Gasteiger partial charge in [0.1, 0.15) is 5.90 Å². The van der Waals surface area contributed by atoms with Gasteiger partial charge >= 0.3 is 24.3 Å². The minimum absolute atomic E-state index is 0.0744. The van der Waals surface area contributed by atoms with E-state index in [9.17, 15) is 14.4 Å². The minimum Gasteiger partial charge on any atom is -0.358 e. The summed E-state index contributed by atoms with van der Waals surface area (Å²) in [6.07, 6.45) is -1.50. The van der Waals surface area contributed by atoms with E-state index in [1.54, 1.807) is 0 Å². The van der Waals surface area contributed by atoms with Crippen molar-refractivity contribution in [2.45, 2.75) is 25.6 Å². The maximum atomic E-state index is 12.0. The van der Waals surface area contributed by atoms with Gasteiger partial charge in [-0.25, -0.2) is 4.79 Å². The topological polar surface area (TPSA) is 101 Å². The Balaban J connectivity index is 1.75. The Morgan fingerprint density at radius 2 is 2.00 bits per heavy atom. The highest BCUT2D eigenvalue weighted by Crippen LogP contribution is 2.44. The lowest BCUT2D eigenvalue weighted by Crippen LogP contribution is -2.67. The monoisotopic (exact) mass is 305 g/mol. The summed E-state index contributed by atoms with van der Waals surface area (Å²) in [4.78, 5) is 43.7. The summed E-state index contributed by atoms with van der Waals surface area (Å²) in [5.41, 5.74) is 0.826. The molecule has 1 aromatic carbocycles. The van der Waals surface area contributed by atoms with Gasteiger partial charge in [-0.05, 0) is 6.42 Å². The zero-order valence-electron chi connectivity index (χ0n) is 11.5. The lowest BCUT2D eigenvalue weighted by atomic mass is 10.00. The molecule has 2 fully saturated rings. The number of nitrogens with zero attached hydrogens (tertiary/aromatic N) is 2. The van der Waals surface area contributed by atoms with E-state index in [-0.39, 0.29) is 19.4 Å². The van der Waals surface area contributed by atoms with Gasteiger partial charge in [0.05, 0.1) is 0 Å². The van der Waals surface area contributed by atoms with Crippen LogP contribution < -0.4 is 5.90 Å². The van der Waals surface area contributed by atoms with E-state index in [2.05, 4.69) is 4.84 Å². The van der Waals surface area contributed by atoms with Crippen LogP contribution in [0.2, 0.25) is 0 Å². The van der Waals surface area contributed by atoms with Gasteiger partial charge in [0.25, 0.3) is 0 Å². The van der Waals surface area contributed by atoms with Crippen molar-refractivity contribution in [3.8, 4) is 0 Å². The number of hydroxylamine groups is 3. The largest absolute Gasteiger partial charge is 0.567 e. The highest BCUT2D eigenvalue weighted by atomic mass is 16.9. The highest BCUT2D eigenvalue weighted by molar-refractivity contribution is 5.79. The summed E-state index contributed by atoms with van der Waals surface area (Å²) in [5, 5.41) is 0. The van der Waals surface area contributed by atoms with Crippen molar-refractivity contribution in [3.05, 3.63) is 35.9 Å². The molecular formula is C14H13N2O6+. The van der Waals surface area contributed by atoms with Crippen molar-refractivity contribution in [1.82, 2.24) is 5.90 Å². The van der Waals surface area contributed by atoms with Crippen LogP contribution in [0, 0.1) is 5.92 Å². The molecule has 0 bridgehead atoms. The van der Waals surface area contributed by atoms with E-state index in [4.69, 9.17) is 15.5 Å². The molecule has 1 amide bonds. The molecule has 22 heavy (non-hydrogen) atoms. The second kappa shape index (κ2) is 5.39. The van der Waals surface area contributed by atoms with Crippen molar-refractivity contribution in [3.63, 3.8) is 0 Å². The zero-order valence-corrected chi connectivity index (χ0v) is 11.5. The average Bonchev–Trinajstić information content (AvgIpc) is 2.74. The molecule has 0 spiro atoms. The number of carbonyl (C=O) groups is 3. The fraction of sp³-hybridized carbons (Fsp3) is 0.357. The molecule has 0 N–H and O–H groups in total. The van der Waals surface area contributed by atoms with Gasteiger partial charge in [-0.3, -0.25) is 9.63 Å². The van der Waals surface area contributed by atoms with Crippen molar-refractivity contribution in [2.24, 2.45) is 5.92 Å². The number of hydrogen-bond acceptors (Lipinski definition) is 6. The Kier molecular flexibility index (Phi) is 3.55. The molecule has 3 atom stereocenters. The Bertz CT molecular complexity index is 619. The number of hydrogen-bond donors (Lipinski definition) is 0. The molecule has 2 radical (unpaired) electrons. The third-order valence-electron chi connectivity index (χ3n) is 3.86. The van der Waals surface area contributed by atoms with Crippen LogP contribution in [0.5, 0.6) is 0 Å². The second-order valence-corrected chi connectivity index (χ2v) is 5.23. The van der Waals surface area contributed by atoms with Crippen LogP contribution in [-0.4, -0.2) is 28.9 Å². The molecule has 2 aliphatic rings. The summed E-state index contributed by atoms with van der Waals surface area (Å²) >= 11 is 0. The molecule has 0 aromatic heterocycles. The van der Waals surface area contributed by atoms with Gasteiger partial charge in [0.2, 0.25) is 0 Å². The number of fused-ring (bicyclic) bond motifs is 1. The van der Waals surface area contributed by atoms with Crippen LogP contribution in [0.25, 0.3) is 0 Å². The molecule has 3 unspecified atom stereocenters. The van der Waals surface area contributed by atoms with Gasteiger partial charge in [-0.2, -0.15) is 4.79 Å². The van der Waals surface area contributed by atoms with E-state index < -0.39 is 34.8 Å². The lowest BCUT2D eigenvalue weighted by Gasteiger charge is -2.38. The SMILES string of the molecule is [N]OC(=O)CCC1C(=O)O[N+]2(Cc3ccccc3)C(=O)OC12. The normalized spacial score (nSPS) is 29.1. The summed E-state index contributed by atoms with van der Waals surface area (Å²) < 4.78 is 4.52. The van der Waals surface area contributed by atoms with Crippen molar-refractivity contribution >= 4 is 18.0 Å². The second-order valence-electron chi connectivity index (χ2n) is 5.23. The Morgan fingerprint density at radius 1 is 1.27 bits per heavy atom. The third kappa shape index (κ3) is 2.22. The summed E-state index contributed by atoms with van der Waals surface area (Å²) in [6, 6.07) is 9.12. The molecule has 0 saturated carbocycles. The summed E-state index contributed by atoms with van der Waals surface area (Å²) in [5.74, 6) is 6.03. The first-order chi connectivity index (χ1) is 10.6. The molecule has 2 heterocycles. The molecule has 8 nitrogen and oxygen atoms in total. The fourth-order valence-corrected chi connectivity index (χ4v) is 2.76. The van der Waals surface area contributed by atoms with E-state index in [1.807, 2.05) is 30.3 Å². The molecule has 0 aliphatic carbocycles. The molecule has 114 valence electrons. The smallest absolute Gasteiger partial charge is 0.358 e. The Labute approximate surface area is 125 Å². The molecule has 2 aliphatic heterocycles. The maximum absolute atomic E-state index is 12.0. The van der Waals surface area contributed by atoms with Crippen molar-refractivity contribution in [1.29, 1.82) is 0 Å². The van der Waals surface area contributed by atoms with Gasteiger partial charge in [-0.15, -0.1) is 0 Å². The molecule has 8 heteroatoms. The first kappa shape index (κ1) is 14.5. The van der Waals surface area contributed by atoms with E-state index in [0.717, 1.165) is 5.56 Å². The predicted octanol–water partition coefficient (Wildman–Crippen LogP) is 0.875. The van der Waals surface area contributed by atoms with Crippen molar-refractivity contribution < 1.29 is 33.4 Å². The lowest BCUT2D eigenvalue weighted by molar-refractivity contribution is -1.10. The van der Waals surface area contributed by atoms with Crippen LogP contribution >= 0.6 is 0 Å². The summed E-state index contributed by atoms with van der Waals surface area (Å²) in [6.45, 7) is 0.178. The highest BCUT2D eigenvalue weighted by Gasteiger charge is 2.73. The summed E-state index contributed by atoms with van der Waals surface area (Å²) in [7, 11) is 0. The predicted molar refractivity (Wildman–Crippen MR) is 67.7 cm³/mol. The van der Waals surface area contributed by atoms with Crippen LogP contribution in [-0.2, 0) is 30.5 Å². The number of rotatable bonds is 5. The van der Waals surface area contributed by atoms with Crippen LogP contribution in [0.15, 0.2) is 30.3 Å². The zero-order chi connectivity index (χ0) is 15.7. The van der Waals surface area contributed by atoms with E-state index in [1.165, 1.54) is 0 Å². The first-order valence-corrected chi connectivity index (χ1v) is 6.77. The van der Waals surface area contributed by atoms with Crippen LogP contribution in [0.4, 0.5) is 4.79 Å². The number of amides is 1. The van der Waals surface area contributed by atoms with Gasteiger partial charge < -0.3 is 9.57 Å². The minimum atomic E-state index is -0.855. The molecule has 2 saturated heterocycles. The first-order valence-electron chi connectivity index (χ1n) is 6.77. The van der Waals surface area contributed by atoms with E-state index >= 15 is 0 Å². The fourth-order valence-electron chi connectivity index (χ4n) is 2.76. The van der Waals surface area contributed by atoms with E-state index in [0.29, 0.717) is 0 Å². The van der Waals surface area contributed by atoms with Crippen LogP contribution in [0.1, 0.15) is 18.4 Å². The molecule has 1 aromatic rings. The molecular weight excluding hydrogens is 292 g/mol. The molecule has 3 rings (SSSR count). The number of benzene rings is 1. The van der Waals surface area contributed by atoms with Gasteiger partial charge in [0.15, 0.2) is 12.5 Å². The Hall–Kier alpha value is -2.45. The Morgan fingerprint density at radius 3 is 2.64 bits per heavy atom. The van der Waals surface area contributed by atoms with Gasteiger partial charge in [-0.1, -0.05) is 30.3 Å². The maximum Gasteiger partial charge on any atom is 0.567 e. The average molecular weight is 305 g/mol. The van der Waals surface area contributed by atoms with Crippen molar-refractivity contribution in [2.75, 3.05) is 0 Å². The number of quaternary nitrogens is 1. The standard InChI is InChI=1S/C14H13N2O6/c15-21-11(17)7-6-10-12-16(14(19)20-12,22-13(10)18)8-9-4-2-1-3-5-9/h1-5,10,12H,6-8H2/q+1. The number of ether oxygens (including phenoxy) is 1. The third-order valence-corrected chi connectivity index (χ3v) is 3.86. The number of carbonyl (C=O) groups excluding carboxylic acids is 3. The van der Waals surface area contributed by atoms with Crippen LogP contribution in [0.3, 0.4) is 0 Å². The van der Waals surface area contributed by atoms with Gasteiger partial charge in [0, 0.05) is 16.6 Å².